The van der Waals surface area contributed by atoms with Crippen molar-refractivity contribution in [3.05, 3.63) is 42.7 Å². The van der Waals surface area contributed by atoms with Gasteiger partial charge in [0.1, 0.15) is 0 Å². The number of nitrogens with zero attached hydrogens (tertiary/aromatic N) is 3. The molecule has 7 heteroatoms. The van der Waals surface area contributed by atoms with Gasteiger partial charge >= 0.3 is 6.03 Å². The number of urea groups is 1. The van der Waals surface area contributed by atoms with E-state index in [4.69, 9.17) is 5.53 Å². The van der Waals surface area contributed by atoms with Gasteiger partial charge in [-0.3, -0.25) is 5.43 Å². The molecule has 0 spiro atoms. The molecule has 86 valence electrons. The van der Waals surface area contributed by atoms with Crippen molar-refractivity contribution in [2.45, 2.75) is 0 Å². The molecule has 7 nitrogen and oxygen atoms in total. The van der Waals surface area contributed by atoms with Crippen molar-refractivity contribution in [1.82, 2.24) is 15.2 Å². The molecule has 0 bridgehead atoms. The summed E-state index contributed by atoms with van der Waals surface area (Å²) in [6, 6.07) is 8.34. The average Bonchev–Trinajstić information content (AvgIpc) is 2.90. The van der Waals surface area contributed by atoms with Gasteiger partial charge in [0.15, 0.2) is 0 Å². The normalized spacial score (nSPS) is 9.65. The van der Waals surface area contributed by atoms with Gasteiger partial charge in [-0.1, -0.05) is 5.11 Å². The van der Waals surface area contributed by atoms with Crippen LogP contribution < -0.4 is 10.9 Å². The van der Waals surface area contributed by atoms with Crippen LogP contribution in [0, 0.1) is 5.53 Å². The summed E-state index contributed by atoms with van der Waals surface area (Å²) in [6.45, 7) is 0. The van der Waals surface area contributed by atoms with Crippen LogP contribution in [0.25, 0.3) is 5.69 Å². The summed E-state index contributed by atoms with van der Waals surface area (Å²) in [4.78, 5) is 10.7. The van der Waals surface area contributed by atoms with Crippen molar-refractivity contribution in [3.63, 3.8) is 0 Å². The van der Waals surface area contributed by atoms with Crippen LogP contribution in [0.2, 0.25) is 0 Å². The fraction of sp³-hybridized carbons (Fsp3) is 0. The highest BCUT2D eigenvalue weighted by atomic mass is 16.2. The molecule has 0 radical (unpaired) electrons. The largest absolute Gasteiger partial charge is 0.377 e. The standard InChI is InChI=1S/C10H10N6O/c11-13-10(17)15-14-8-2-4-9(5-3-8)16-7-1-6-12-16/h1-7,11,14H,(H,15,17). The Hall–Kier alpha value is -2.70. The number of carbonyl (C=O) groups is 1. The number of hydrazine groups is 1. The highest BCUT2D eigenvalue weighted by Crippen LogP contribution is 2.11. The molecule has 0 atom stereocenters. The maximum atomic E-state index is 10.7. The van der Waals surface area contributed by atoms with Crippen molar-refractivity contribution in [2.75, 3.05) is 5.43 Å². The Labute approximate surface area is 96.9 Å². The van der Waals surface area contributed by atoms with Gasteiger partial charge in [0.05, 0.1) is 11.4 Å². The monoisotopic (exact) mass is 230 g/mol. The van der Waals surface area contributed by atoms with Crippen LogP contribution in [0.5, 0.6) is 0 Å². The predicted molar refractivity (Wildman–Crippen MR) is 60.9 cm³/mol. The van der Waals surface area contributed by atoms with E-state index in [-0.39, 0.29) is 0 Å². The highest BCUT2D eigenvalue weighted by molar-refractivity contribution is 5.75. The molecular weight excluding hydrogens is 220 g/mol. The predicted octanol–water partition coefficient (Wildman–Crippen LogP) is 1.94. The topological polar surface area (TPSA) is 95.2 Å². The molecular formula is C10H10N6O. The van der Waals surface area contributed by atoms with E-state index >= 15 is 0 Å². The fourth-order valence-corrected chi connectivity index (χ4v) is 1.27. The van der Waals surface area contributed by atoms with Crippen molar-refractivity contribution in [3.8, 4) is 5.69 Å². The van der Waals surface area contributed by atoms with Gasteiger partial charge in [-0.05, 0) is 30.3 Å². The van der Waals surface area contributed by atoms with E-state index < -0.39 is 6.03 Å². The van der Waals surface area contributed by atoms with E-state index in [1.807, 2.05) is 24.4 Å². The van der Waals surface area contributed by atoms with E-state index in [9.17, 15) is 4.79 Å². The molecule has 0 saturated heterocycles. The van der Waals surface area contributed by atoms with Crippen LogP contribution in [0.15, 0.2) is 47.8 Å². The van der Waals surface area contributed by atoms with Gasteiger partial charge in [-0.2, -0.15) is 10.6 Å². The summed E-state index contributed by atoms with van der Waals surface area (Å²) >= 11 is 0. The zero-order valence-corrected chi connectivity index (χ0v) is 8.79. The molecule has 2 rings (SSSR count). The van der Waals surface area contributed by atoms with Crippen molar-refractivity contribution < 1.29 is 4.79 Å². The quantitative estimate of drug-likeness (QED) is 0.555. The van der Waals surface area contributed by atoms with Gasteiger partial charge in [0.25, 0.3) is 0 Å². The number of hydrogen-bond donors (Lipinski definition) is 3. The Balaban J connectivity index is 2.03. The van der Waals surface area contributed by atoms with Gasteiger partial charge in [-0.15, -0.1) is 0 Å². The van der Waals surface area contributed by atoms with E-state index in [0.29, 0.717) is 5.69 Å². The second-order valence-corrected chi connectivity index (χ2v) is 3.16. The summed E-state index contributed by atoms with van der Waals surface area (Å²) in [7, 11) is 0. The molecule has 0 aliphatic rings. The molecule has 17 heavy (non-hydrogen) atoms. The lowest BCUT2D eigenvalue weighted by Gasteiger charge is -2.06. The summed E-state index contributed by atoms with van der Waals surface area (Å²) in [5, 5.41) is 6.78. The Morgan fingerprint density at radius 2 is 2.12 bits per heavy atom. The van der Waals surface area contributed by atoms with Crippen LogP contribution >= 0.6 is 0 Å². The molecule has 0 unspecified atom stereocenters. The molecule has 2 aromatic rings. The smallest absolute Gasteiger partial charge is 0.297 e. The minimum absolute atomic E-state index is 0.693. The summed E-state index contributed by atoms with van der Waals surface area (Å²) in [6.07, 6.45) is 3.53. The number of carbonyl (C=O) groups excluding carboxylic acids is 1. The lowest BCUT2D eigenvalue weighted by atomic mass is 10.3. The maximum absolute atomic E-state index is 10.7. The van der Waals surface area contributed by atoms with Crippen LogP contribution in [0.4, 0.5) is 10.5 Å². The Morgan fingerprint density at radius 1 is 1.35 bits per heavy atom. The molecule has 3 N–H and O–H groups in total. The first kappa shape index (κ1) is 10.8. The lowest BCUT2D eigenvalue weighted by molar-refractivity contribution is 0.249. The van der Waals surface area contributed by atoms with Crippen molar-refractivity contribution >= 4 is 11.7 Å². The maximum Gasteiger partial charge on any atom is 0.377 e. The molecule has 0 aliphatic carbocycles. The van der Waals surface area contributed by atoms with E-state index in [0.717, 1.165) is 5.69 Å². The first-order valence-electron chi connectivity index (χ1n) is 4.83. The average molecular weight is 230 g/mol. The summed E-state index contributed by atoms with van der Waals surface area (Å²) in [5.74, 6) is 0. The molecule has 2 amide bonds. The van der Waals surface area contributed by atoms with Gasteiger partial charge < -0.3 is 0 Å². The molecule has 1 aromatic carbocycles. The first-order valence-corrected chi connectivity index (χ1v) is 4.83. The summed E-state index contributed by atoms with van der Waals surface area (Å²) < 4.78 is 1.72. The summed E-state index contributed by atoms with van der Waals surface area (Å²) in [5.41, 5.74) is 12.9. The molecule has 0 aliphatic heterocycles. The lowest BCUT2D eigenvalue weighted by Crippen LogP contribution is -2.25. The molecule has 0 saturated carbocycles. The molecule has 1 heterocycles. The molecule has 0 fully saturated rings. The van der Waals surface area contributed by atoms with Crippen molar-refractivity contribution in [2.24, 2.45) is 5.11 Å². The number of benzene rings is 1. The minimum atomic E-state index is -0.749. The van der Waals surface area contributed by atoms with Crippen molar-refractivity contribution in [1.29, 1.82) is 5.53 Å². The number of amides is 2. The van der Waals surface area contributed by atoms with Crippen LogP contribution in [0.1, 0.15) is 0 Å². The third-order valence-corrected chi connectivity index (χ3v) is 2.05. The van der Waals surface area contributed by atoms with Gasteiger partial charge in [-0.25, -0.2) is 14.9 Å². The van der Waals surface area contributed by atoms with E-state index in [1.165, 1.54) is 0 Å². The number of nitrogens with one attached hydrogen (secondary N) is 3. The number of hydrogen-bond acceptors (Lipinski definition) is 4. The Bertz CT molecular complexity index is 504. The minimum Gasteiger partial charge on any atom is -0.297 e. The van der Waals surface area contributed by atoms with Crippen LogP contribution in [-0.4, -0.2) is 15.8 Å². The van der Waals surface area contributed by atoms with Gasteiger partial charge in [0, 0.05) is 12.4 Å². The Morgan fingerprint density at radius 3 is 2.71 bits per heavy atom. The van der Waals surface area contributed by atoms with Gasteiger partial charge in [0.2, 0.25) is 0 Å². The number of aromatic nitrogens is 2. The second kappa shape index (κ2) is 4.88. The first-order chi connectivity index (χ1) is 8.29. The zero-order valence-electron chi connectivity index (χ0n) is 8.79. The molecule has 1 aromatic heterocycles. The van der Waals surface area contributed by atoms with E-state index in [2.05, 4.69) is 21.1 Å². The van der Waals surface area contributed by atoms with E-state index in [1.54, 1.807) is 23.0 Å². The number of rotatable bonds is 3. The fourth-order valence-electron chi connectivity index (χ4n) is 1.27. The third-order valence-electron chi connectivity index (χ3n) is 2.05. The number of anilines is 1. The zero-order chi connectivity index (χ0) is 12.1. The third kappa shape index (κ3) is 2.65. The highest BCUT2D eigenvalue weighted by Gasteiger charge is 1.98. The SMILES string of the molecule is N=NC(=O)NNc1ccc(-n2cccn2)cc1. The second-order valence-electron chi connectivity index (χ2n) is 3.16. The van der Waals surface area contributed by atoms with Crippen LogP contribution in [0.3, 0.4) is 0 Å². The van der Waals surface area contributed by atoms with Crippen LogP contribution in [-0.2, 0) is 0 Å². The Kier molecular flexibility index (Phi) is 3.10.